The molecule has 0 radical (unpaired) electrons. The van der Waals surface area contributed by atoms with Gasteiger partial charge in [-0.05, 0) is 37.8 Å². The number of carbonyl (C=O) groups excluding carboxylic acids is 1. The highest BCUT2D eigenvalue weighted by Gasteiger charge is 2.28. The molecule has 1 atom stereocenters. The SMILES string of the molecule is CC(NC(=O)c1c(Cl)ccc(S(=O)(=O)Cl)c1Cl)C1CCC1. The van der Waals surface area contributed by atoms with Crippen molar-refractivity contribution in [2.24, 2.45) is 5.92 Å². The van der Waals surface area contributed by atoms with Crippen LogP contribution in [-0.4, -0.2) is 20.4 Å². The summed E-state index contributed by atoms with van der Waals surface area (Å²) in [5.74, 6) is -0.0574. The topological polar surface area (TPSA) is 63.2 Å². The molecule has 1 aliphatic rings. The van der Waals surface area contributed by atoms with Gasteiger partial charge >= 0.3 is 0 Å². The Morgan fingerprint density at radius 2 is 1.95 bits per heavy atom. The van der Waals surface area contributed by atoms with Gasteiger partial charge in [-0.1, -0.05) is 29.6 Å². The van der Waals surface area contributed by atoms with E-state index in [-0.39, 0.29) is 26.5 Å². The van der Waals surface area contributed by atoms with Crippen LogP contribution in [0.4, 0.5) is 0 Å². The van der Waals surface area contributed by atoms with E-state index in [0.717, 1.165) is 19.3 Å². The van der Waals surface area contributed by atoms with Crippen molar-refractivity contribution in [2.75, 3.05) is 0 Å². The molecule has 0 spiro atoms. The lowest BCUT2D eigenvalue weighted by atomic mass is 9.80. The van der Waals surface area contributed by atoms with Crippen LogP contribution in [0.25, 0.3) is 0 Å². The molecule has 1 N–H and O–H groups in total. The highest BCUT2D eigenvalue weighted by Crippen LogP contribution is 2.34. The van der Waals surface area contributed by atoms with Gasteiger partial charge in [-0.3, -0.25) is 4.79 Å². The number of hydrogen-bond donors (Lipinski definition) is 1. The Morgan fingerprint density at radius 3 is 2.43 bits per heavy atom. The first-order chi connectivity index (χ1) is 9.71. The standard InChI is InChI=1S/C13H14Cl3NO3S/c1-7(8-3-2-4-8)17-13(18)11-9(14)5-6-10(12(11)15)21(16,19)20/h5-8H,2-4H2,1H3,(H,17,18). The van der Waals surface area contributed by atoms with Crippen LogP contribution >= 0.6 is 33.9 Å². The van der Waals surface area contributed by atoms with E-state index in [4.69, 9.17) is 33.9 Å². The summed E-state index contributed by atoms with van der Waals surface area (Å²) in [4.78, 5) is 12.0. The summed E-state index contributed by atoms with van der Waals surface area (Å²) < 4.78 is 22.9. The molecule has 1 aliphatic carbocycles. The third-order valence-corrected chi connectivity index (χ3v) is 5.95. The van der Waals surface area contributed by atoms with Crippen molar-refractivity contribution in [1.29, 1.82) is 0 Å². The van der Waals surface area contributed by atoms with Crippen LogP contribution in [0.5, 0.6) is 0 Å². The summed E-state index contributed by atoms with van der Waals surface area (Å²) in [6.45, 7) is 1.91. The largest absolute Gasteiger partial charge is 0.349 e. The second kappa shape index (κ2) is 6.32. The van der Waals surface area contributed by atoms with Gasteiger partial charge in [-0.15, -0.1) is 0 Å². The molecule has 1 unspecified atom stereocenters. The molecule has 21 heavy (non-hydrogen) atoms. The van der Waals surface area contributed by atoms with Crippen LogP contribution in [0.15, 0.2) is 17.0 Å². The van der Waals surface area contributed by atoms with E-state index < -0.39 is 15.0 Å². The minimum absolute atomic E-state index is 0.0188. The fourth-order valence-corrected chi connectivity index (χ4v) is 4.16. The lowest BCUT2D eigenvalue weighted by Crippen LogP contribution is -2.40. The number of amides is 1. The van der Waals surface area contributed by atoms with Gasteiger partial charge in [-0.2, -0.15) is 0 Å². The maximum absolute atomic E-state index is 12.3. The lowest BCUT2D eigenvalue weighted by Gasteiger charge is -2.32. The fraction of sp³-hybridized carbons (Fsp3) is 0.462. The first-order valence-corrected chi connectivity index (χ1v) is 9.52. The normalized spacial score (nSPS) is 17.1. The van der Waals surface area contributed by atoms with E-state index in [1.807, 2.05) is 6.92 Å². The Labute approximate surface area is 138 Å². The van der Waals surface area contributed by atoms with Crippen LogP contribution in [0.3, 0.4) is 0 Å². The monoisotopic (exact) mass is 369 g/mol. The fourth-order valence-electron chi connectivity index (χ4n) is 2.27. The summed E-state index contributed by atoms with van der Waals surface area (Å²) >= 11 is 12.0. The summed E-state index contributed by atoms with van der Waals surface area (Å²) in [6.07, 6.45) is 3.30. The third kappa shape index (κ3) is 3.65. The zero-order valence-corrected chi connectivity index (χ0v) is 14.3. The van der Waals surface area contributed by atoms with E-state index in [0.29, 0.717) is 5.92 Å². The number of hydrogen-bond acceptors (Lipinski definition) is 3. The molecule has 1 aromatic rings. The predicted molar refractivity (Wildman–Crippen MR) is 83.8 cm³/mol. The predicted octanol–water partition coefficient (Wildman–Crippen LogP) is 3.84. The van der Waals surface area contributed by atoms with Crippen molar-refractivity contribution in [2.45, 2.75) is 37.1 Å². The number of halogens is 3. The van der Waals surface area contributed by atoms with E-state index in [1.54, 1.807) is 0 Å². The molecule has 1 saturated carbocycles. The van der Waals surface area contributed by atoms with Crippen molar-refractivity contribution < 1.29 is 13.2 Å². The van der Waals surface area contributed by atoms with E-state index >= 15 is 0 Å². The molecule has 116 valence electrons. The Morgan fingerprint density at radius 1 is 1.33 bits per heavy atom. The first-order valence-electron chi connectivity index (χ1n) is 6.45. The van der Waals surface area contributed by atoms with Crippen LogP contribution in [-0.2, 0) is 9.05 Å². The molecule has 2 rings (SSSR count). The van der Waals surface area contributed by atoms with Crippen LogP contribution in [0.2, 0.25) is 10.0 Å². The van der Waals surface area contributed by atoms with Crippen molar-refractivity contribution in [1.82, 2.24) is 5.32 Å². The summed E-state index contributed by atoms with van der Waals surface area (Å²) in [6, 6.07) is 2.46. The highest BCUT2D eigenvalue weighted by atomic mass is 35.7. The van der Waals surface area contributed by atoms with Crippen molar-refractivity contribution in [3.8, 4) is 0 Å². The van der Waals surface area contributed by atoms with E-state index in [1.165, 1.54) is 12.1 Å². The molecule has 4 nitrogen and oxygen atoms in total. The Kier molecular flexibility index (Phi) is 5.08. The van der Waals surface area contributed by atoms with Crippen molar-refractivity contribution in [3.05, 3.63) is 27.7 Å². The van der Waals surface area contributed by atoms with Crippen molar-refractivity contribution >= 4 is 48.8 Å². The van der Waals surface area contributed by atoms with Gasteiger partial charge < -0.3 is 5.32 Å². The zero-order valence-electron chi connectivity index (χ0n) is 11.2. The number of benzene rings is 1. The van der Waals surface area contributed by atoms with Gasteiger partial charge in [0.2, 0.25) is 0 Å². The second-order valence-corrected chi connectivity index (χ2v) is 8.44. The van der Waals surface area contributed by atoms with Gasteiger partial charge in [0.15, 0.2) is 0 Å². The van der Waals surface area contributed by atoms with E-state index in [2.05, 4.69) is 5.32 Å². The van der Waals surface area contributed by atoms with Crippen LogP contribution in [0.1, 0.15) is 36.5 Å². The number of rotatable bonds is 4. The maximum Gasteiger partial charge on any atom is 0.262 e. The molecule has 0 bridgehead atoms. The Bertz CT molecular complexity index is 671. The molecule has 0 aromatic heterocycles. The van der Waals surface area contributed by atoms with Gasteiger partial charge in [0.25, 0.3) is 15.0 Å². The highest BCUT2D eigenvalue weighted by molar-refractivity contribution is 8.13. The van der Waals surface area contributed by atoms with Gasteiger partial charge in [-0.25, -0.2) is 8.42 Å². The number of carbonyl (C=O) groups is 1. The average molecular weight is 371 g/mol. The van der Waals surface area contributed by atoms with Gasteiger partial charge in [0, 0.05) is 16.7 Å². The first kappa shape index (κ1) is 16.9. The van der Waals surface area contributed by atoms with Crippen LogP contribution < -0.4 is 5.32 Å². The molecular formula is C13H14Cl3NO3S. The van der Waals surface area contributed by atoms with Crippen molar-refractivity contribution in [3.63, 3.8) is 0 Å². The molecular weight excluding hydrogens is 357 g/mol. The lowest BCUT2D eigenvalue weighted by molar-refractivity contribution is 0.0909. The smallest absolute Gasteiger partial charge is 0.262 e. The molecule has 0 saturated heterocycles. The quantitative estimate of drug-likeness (QED) is 0.819. The van der Waals surface area contributed by atoms with E-state index in [9.17, 15) is 13.2 Å². The van der Waals surface area contributed by atoms with Gasteiger partial charge in [0.05, 0.1) is 15.6 Å². The molecule has 0 aliphatic heterocycles. The molecule has 1 aromatic carbocycles. The van der Waals surface area contributed by atoms with Gasteiger partial charge in [0.1, 0.15) is 4.90 Å². The zero-order chi connectivity index (χ0) is 15.8. The average Bonchev–Trinajstić information content (AvgIpc) is 2.23. The minimum atomic E-state index is -4.04. The Balaban J connectivity index is 2.31. The number of nitrogens with one attached hydrogen (secondary N) is 1. The second-order valence-electron chi connectivity index (χ2n) is 5.13. The third-order valence-electron chi connectivity index (χ3n) is 3.76. The molecule has 0 heterocycles. The summed E-state index contributed by atoms with van der Waals surface area (Å²) in [7, 11) is 1.25. The maximum atomic E-state index is 12.3. The van der Waals surface area contributed by atoms with Crippen LogP contribution in [0, 0.1) is 5.92 Å². The molecule has 8 heteroatoms. The minimum Gasteiger partial charge on any atom is -0.349 e. The molecule has 1 amide bonds. The molecule has 1 fully saturated rings. The Hall–Kier alpha value is -0.490. The summed E-state index contributed by atoms with van der Waals surface area (Å²) in [5, 5.41) is 2.64. The summed E-state index contributed by atoms with van der Waals surface area (Å²) in [5.41, 5.74) is -0.0637.